The fourth-order valence-corrected chi connectivity index (χ4v) is 2.24. The van der Waals surface area contributed by atoms with E-state index in [2.05, 4.69) is 0 Å². The number of amides is 1. The van der Waals surface area contributed by atoms with E-state index in [1.807, 2.05) is 13.8 Å². The Morgan fingerprint density at radius 2 is 2.05 bits per heavy atom. The fourth-order valence-electron chi connectivity index (χ4n) is 1.70. The van der Waals surface area contributed by atoms with Crippen LogP contribution < -0.4 is 9.88 Å². The van der Waals surface area contributed by atoms with Crippen molar-refractivity contribution in [3.8, 4) is 5.75 Å². The van der Waals surface area contributed by atoms with E-state index < -0.39 is 10.0 Å². The van der Waals surface area contributed by atoms with Crippen molar-refractivity contribution < 1.29 is 17.9 Å². The minimum atomic E-state index is -3.86. The molecule has 1 unspecified atom stereocenters. The molecule has 0 aromatic heterocycles. The Kier molecular flexibility index (Phi) is 5.13. The summed E-state index contributed by atoms with van der Waals surface area (Å²) in [6.45, 7) is 3.88. The lowest BCUT2D eigenvalue weighted by atomic mass is 10.1. The minimum absolute atomic E-state index is 0.0327. The minimum Gasteiger partial charge on any atom is -0.496 e. The molecule has 0 spiro atoms. The number of methoxy groups -OCH3 is 1. The molecule has 1 aromatic carbocycles. The summed E-state index contributed by atoms with van der Waals surface area (Å²) in [7, 11) is -0.773. The lowest BCUT2D eigenvalue weighted by Crippen LogP contribution is -2.35. The molecule has 0 saturated carbocycles. The molecule has 0 aliphatic rings. The van der Waals surface area contributed by atoms with E-state index in [-0.39, 0.29) is 22.4 Å². The third-order valence-electron chi connectivity index (χ3n) is 3.30. The van der Waals surface area contributed by atoms with Crippen LogP contribution in [-0.4, -0.2) is 39.4 Å². The number of hydrogen-bond donors (Lipinski definition) is 1. The fraction of sp³-hybridized carbons (Fsp3) is 0.462. The molecule has 1 aromatic rings. The maximum atomic E-state index is 12.4. The molecule has 6 nitrogen and oxygen atoms in total. The molecule has 20 heavy (non-hydrogen) atoms. The zero-order chi connectivity index (χ0) is 15.5. The van der Waals surface area contributed by atoms with E-state index in [1.54, 1.807) is 11.9 Å². The van der Waals surface area contributed by atoms with Gasteiger partial charge in [0.2, 0.25) is 10.0 Å². The maximum absolute atomic E-state index is 12.4. The predicted octanol–water partition coefficient (Wildman–Crippen LogP) is 1.21. The number of ether oxygens (including phenoxy) is 1. The molecule has 0 radical (unpaired) electrons. The summed E-state index contributed by atoms with van der Waals surface area (Å²) in [5.41, 5.74) is 0.182. The van der Waals surface area contributed by atoms with Gasteiger partial charge in [-0.1, -0.05) is 6.92 Å². The van der Waals surface area contributed by atoms with Crippen molar-refractivity contribution in [2.24, 2.45) is 5.14 Å². The van der Waals surface area contributed by atoms with Crippen molar-refractivity contribution in [1.29, 1.82) is 0 Å². The number of hydrogen-bond acceptors (Lipinski definition) is 4. The zero-order valence-corrected chi connectivity index (χ0v) is 12.9. The molecular formula is C13H20N2O4S. The molecule has 1 rings (SSSR count). The van der Waals surface area contributed by atoms with Gasteiger partial charge in [0.1, 0.15) is 5.75 Å². The van der Waals surface area contributed by atoms with Gasteiger partial charge >= 0.3 is 0 Å². The summed E-state index contributed by atoms with van der Waals surface area (Å²) >= 11 is 0. The van der Waals surface area contributed by atoms with Gasteiger partial charge < -0.3 is 9.64 Å². The van der Waals surface area contributed by atoms with Crippen LogP contribution in [0.4, 0.5) is 0 Å². The van der Waals surface area contributed by atoms with E-state index >= 15 is 0 Å². The Morgan fingerprint density at radius 1 is 1.45 bits per heavy atom. The highest BCUT2D eigenvalue weighted by atomic mass is 32.2. The van der Waals surface area contributed by atoms with Gasteiger partial charge in [-0.15, -0.1) is 0 Å². The topological polar surface area (TPSA) is 89.7 Å². The summed E-state index contributed by atoms with van der Waals surface area (Å²) in [4.78, 5) is 13.8. The number of rotatable bonds is 5. The molecule has 1 amide bonds. The van der Waals surface area contributed by atoms with Crippen molar-refractivity contribution in [3.05, 3.63) is 23.8 Å². The predicted molar refractivity (Wildman–Crippen MR) is 76.2 cm³/mol. The molecule has 112 valence electrons. The third-order valence-corrected chi connectivity index (χ3v) is 4.21. The highest BCUT2D eigenvalue weighted by Gasteiger charge is 2.22. The first kappa shape index (κ1) is 16.5. The summed E-state index contributed by atoms with van der Waals surface area (Å²) in [6.07, 6.45) is 0.791. The Morgan fingerprint density at radius 3 is 2.50 bits per heavy atom. The largest absolute Gasteiger partial charge is 0.496 e. The molecular weight excluding hydrogens is 280 g/mol. The first-order valence-corrected chi connectivity index (χ1v) is 7.75. The third kappa shape index (κ3) is 3.49. The first-order chi connectivity index (χ1) is 9.22. The summed E-state index contributed by atoms with van der Waals surface area (Å²) in [5, 5.41) is 5.09. The average molecular weight is 300 g/mol. The van der Waals surface area contributed by atoms with Crippen LogP contribution in [0.5, 0.6) is 5.75 Å². The monoisotopic (exact) mass is 300 g/mol. The van der Waals surface area contributed by atoms with Crippen molar-refractivity contribution in [3.63, 3.8) is 0 Å². The second kappa shape index (κ2) is 6.23. The number of nitrogens with zero attached hydrogens (tertiary/aromatic N) is 1. The van der Waals surface area contributed by atoms with Gasteiger partial charge in [0.15, 0.2) is 0 Å². The van der Waals surface area contributed by atoms with Crippen LogP contribution in [0.3, 0.4) is 0 Å². The Balaban J connectivity index is 3.31. The quantitative estimate of drug-likeness (QED) is 0.885. The molecule has 2 N–H and O–H groups in total. The molecule has 7 heteroatoms. The summed E-state index contributed by atoms with van der Waals surface area (Å²) in [6, 6.07) is 4.02. The van der Waals surface area contributed by atoms with Crippen LogP contribution in [0.1, 0.15) is 30.6 Å². The molecule has 0 aliphatic heterocycles. The normalized spacial score (nSPS) is 12.8. The molecule has 0 fully saturated rings. The standard InChI is InChI=1S/C13H20N2O4S/c1-5-9(2)15(3)13(16)11-8-10(20(14,17)18)6-7-12(11)19-4/h6-9H,5H2,1-4H3,(H2,14,17,18). The summed E-state index contributed by atoms with van der Waals surface area (Å²) < 4.78 is 27.9. The molecule has 0 aliphatic carbocycles. The zero-order valence-electron chi connectivity index (χ0n) is 12.1. The van der Waals surface area contributed by atoms with Gasteiger partial charge in [0.05, 0.1) is 17.6 Å². The van der Waals surface area contributed by atoms with E-state index in [1.165, 1.54) is 25.3 Å². The Labute approximate surface area is 119 Å². The number of carbonyl (C=O) groups is 1. The van der Waals surface area contributed by atoms with E-state index in [4.69, 9.17) is 9.88 Å². The van der Waals surface area contributed by atoms with Gasteiger partial charge in [-0.05, 0) is 31.5 Å². The average Bonchev–Trinajstić information content (AvgIpc) is 2.43. The number of benzene rings is 1. The SMILES string of the molecule is CCC(C)N(C)C(=O)c1cc(S(N)(=O)=O)ccc1OC. The molecule has 0 bridgehead atoms. The van der Waals surface area contributed by atoms with Crippen molar-refractivity contribution in [2.45, 2.75) is 31.2 Å². The van der Waals surface area contributed by atoms with Crippen molar-refractivity contribution in [2.75, 3.05) is 14.2 Å². The molecule has 0 heterocycles. The Bertz CT molecular complexity index is 598. The van der Waals surface area contributed by atoms with Gasteiger partial charge in [0, 0.05) is 13.1 Å². The van der Waals surface area contributed by atoms with Crippen LogP contribution in [0.25, 0.3) is 0 Å². The van der Waals surface area contributed by atoms with E-state index in [9.17, 15) is 13.2 Å². The van der Waals surface area contributed by atoms with E-state index in [0.717, 1.165) is 6.42 Å². The van der Waals surface area contributed by atoms with Crippen LogP contribution in [0, 0.1) is 0 Å². The van der Waals surface area contributed by atoms with Gasteiger partial charge in [0.25, 0.3) is 5.91 Å². The lowest BCUT2D eigenvalue weighted by molar-refractivity contribution is 0.0737. The lowest BCUT2D eigenvalue weighted by Gasteiger charge is -2.24. The summed E-state index contributed by atoms with van der Waals surface area (Å²) in [5.74, 6) is 0.0132. The van der Waals surface area contributed by atoms with Crippen LogP contribution in [0.15, 0.2) is 23.1 Å². The van der Waals surface area contributed by atoms with Crippen molar-refractivity contribution in [1.82, 2.24) is 4.90 Å². The van der Waals surface area contributed by atoms with Crippen molar-refractivity contribution >= 4 is 15.9 Å². The van der Waals surface area contributed by atoms with Crippen LogP contribution in [-0.2, 0) is 10.0 Å². The molecule has 1 atom stereocenters. The van der Waals surface area contributed by atoms with Gasteiger partial charge in [-0.3, -0.25) is 4.79 Å². The second-order valence-electron chi connectivity index (χ2n) is 4.58. The second-order valence-corrected chi connectivity index (χ2v) is 6.14. The smallest absolute Gasteiger partial charge is 0.257 e. The van der Waals surface area contributed by atoms with Gasteiger partial charge in [-0.25, -0.2) is 13.6 Å². The van der Waals surface area contributed by atoms with Crippen LogP contribution in [0.2, 0.25) is 0 Å². The van der Waals surface area contributed by atoms with Crippen LogP contribution >= 0.6 is 0 Å². The first-order valence-electron chi connectivity index (χ1n) is 6.20. The number of nitrogens with two attached hydrogens (primary N) is 1. The number of sulfonamides is 1. The number of primary sulfonamides is 1. The maximum Gasteiger partial charge on any atom is 0.257 e. The van der Waals surface area contributed by atoms with Gasteiger partial charge in [-0.2, -0.15) is 0 Å². The van der Waals surface area contributed by atoms with E-state index in [0.29, 0.717) is 5.75 Å². The number of carbonyl (C=O) groups excluding carboxylic acids is 1. The Hall–Kier alpha value is -1.60. The molecule has 0 saturated heterocycles. The highest BCUT2D eigenvalue weighted by Crippen LogP contribution is 2.24. The highest BCUT2D eigenvalue weighted by molar-refractivity contribution is 7.89.